The third-order valence-corrected chi connectivity index (χ3v) is 2.91. The van der Waals surface area contributed by atoms with Crippen molar-refractivity contribution in [1.29, 1.82) is 0 Å². The van der Waals surface area contributed by atoms with E-state index in [9.17, 15) is 8.78 Å². The van der Waals surface area contributed by atoms with Crippen molar-refractivity contribution >= 4 is 22.6 Å². The lowest BCUT2D eigenvalue weighted by atomic mass is 10.3. The summed E-state index contributed by atoms with van der Waals surface area (Å²) in [4.78, 5) is 7.94. The van der Waals surface area contributed by atoms with Gasteiger partial charge in [0.25, 0.3) is 0 Å². The summed E-state index contributed by atoms with van der Waals surface area (Å²) in [6, 6.07) is 3.59. The van der Waals surface area contributed by atoms with Crippen molar-refractivity contribution in [2.45, 2.75) is 6.92 Å². The van der Waals surface area contributed by atoms with Gasteiger partial charge in [0.2, 0.25) is 5.28 Å². The molecule has 0 saturated heterocycles. The third-order valence-electron chi connectivity index (χ3n) is 2.74. The molecule has 0 unspecified atom stereocenters. The van der Waals surface area contributed by atoms with Gasteiger partial charge in [-0.3, -0.25) is 0 Å². The summed E-state index contributed by atoms with van der Waals surface area (Å²) < 4.78 is 28.6. The fourth-order valence-corrected chi connectivity index (χ4v) is 2.08. The third kappa shape index (κ3) is 1.84. The average molecular weight is 281 g/mol. The Bertz CT molecular complexity index is 764. The Morgan fingerprint density at radius 1 is 1.16 bits per heavy atom. The lowest BCUT2D eigenvalue weighted by Crippen LogP contribution is -2.04. The monoisotopic (exact) mass is 280 g/mol. The van der Waals surface area contributed by atoms with Crippen molar-refractivity contribution in [3.05, 3.63) is 47.0 Å². The van der Waals surface area contributed by atoms with Gasteiger partial charge in [0.1, 0.15) is 5.69 Å². The standard InChI is InChI=1S/C12H7ClF2N4/c1-6-7-5-16-19(11(7)18-12(13)17-6)10-8(14)3-2-4-9(10)15/h2-5H,1H3. The molecule has 96 valence electrons. The molecule has 2 heterocycles. The van der Waals surface area contributed by atoms with E-state index in [0.29, 0.717) is 11.1 Å². The van der Waals surface area contributed by atoms with E-state index in [0.717, 1.165) is 16.8 Å². The first-order valence-corrected chi connectivity index (χ1v) is 5.78. The van der Waals surface area contributed by atoms with Gasteiger partial charge in [-0.05, 0) is 30.7 Å². The number of hydrogen-bond acceptors (Lipinski definition) is 3. The highest BCUT2D eigenvalue weighted by Gasteiger charge is 2.17. The molecule has 3 aromatic rings. The molecule has 2 aromatic heterocycles. The lowest BCUT2D eigenvalue weighted by Gasteiger charge is -2.06. The van der Waals surface area contributed by atoms with Crippen molar-refractivity contribution in [1.82, 2.24) is 19.7 Å². The Morgan fingerprint density at radius 2 is 1.84 bits per heavy atom. The minimum absolute atomic E-state index is 0.00324. The van der Waals surface area contributed by atoms with E-state index in [2.05, 4.69) is 15.1 Å². The summed E-state index contributed by atoms with van der Waals surface area (Å²) in [6.07, 6.45) is 1.45. The summed E-state index contributed by atoms with van der Waals surface area (Å²) in [5.41, 5.74) is 0.575. The molecule has 7 heteroatoms. The molecule has 0 bridgehead atoms. The molecule has 0 aliphatic carbocycles. The van der Waals surface area contributed by atoms with Gasteiger partial charge in [-0.1, -0.05) is 6.07 Å². The van der Waals surface area contributed by atoms with Crippen LogP contribution in [0.4, 0.5) is 8.78 Å². The predicted molar refractivity (Wildman–Crippen MR) is 66.3 cm³/mol. The number of halogens is 3. The Labute approximate surface area is 111 Å². The van der Waals surface area contributed by atoms with Crippen molar-refractivity contribution in [3.63, 3.8) is 0 Å². The fraction of sp³-hybridized carbons (Fsp3) is 0.0833. The van der Waals surface area contributed by atoms with E-state index in [1.54, 1.807) is 6.92 Å². The first-order chi connectivity index (χ1) is 9.08. The lowest BCUT2D eigenvalue weighted by molar-refractivity contribution is 0.562. The molecule has 0 radical (unpaired) electrons. The highest BCUT2D eigenvalue weighted by Crippen LogP contribution is 2.23. The molecule has 3 rings (SSSR count). The van der Waals surface area contributed by atoms with Crippen LogP contribution >= 0.6 is 11.6 Å². The molecule has 0 amide bonds. The van der Waals surface area contributed by atoms with Gasteiger partial charge in [-0.25, -0.2) is 18.4 Å². The summed E-state index contributed by atoms with van der Waals surface area (Å²) in [6.45, 7) is 1.72. The topological polar surface area (TPSA) is 43.6 Å². The van der Waals surface area contributed by atoms with Crippen LogP contribution in [0.25, 0.3) is 16.7 Å². The maximum absolute atomic E-state index is 13.8. The van der Waals surface area contributed by atoms with E-state index in [4.69, 9.17) is 11.6 Å². The van der Waals surface area contributed by atoms with Gasteiger partial charge in [-0.15, -0.1) is 0 Å². The molecule has 0 atom stereocenters. The van der Waals surface area contributed by atoms with Crippen LogP contribution in [0.1, 0.15) is 5.69 Å². The highest BCUT2D eigenvalue weighted by atomic mass is 35.5. The van der Waals surface area contributed by atoms with Crippen LogP contribution in [0, 0.1) is 18.6 Å². The predicted octanol–water partition coefficient (Wildman–Crippen LogP) is 3.06. The summed E-state index contributed by atoms with van der Waals surface area (Å²) in [5, 5.41) is 4.56. The van der Waals surface area contributed by atoms with Gasteiger partial charge in [0.05, 0.1) is 17.3 Å². The summed E-state index contributed by atoms with van der Waals surface area (Å²) in [7, 11) is 0. The first-order valence-electron chi connectivity index (χ1n) is 5.40. The summed E-state index contributed by atoms with van der Waals surface area (Å²) in [5.74, 6) is -1.45. The molecule has 0 N–H and O–H groups in total. The van der Waals surface area contributed by atoms with Crippen molar-refractivity contribution in [2.75, 3.05) is 0 Å². The number of hydrogen-bond donors (Lipinski definition) is 0. The average Bonchev–Trinajstić information content (AvgIpc) is 2.73. The molecule has 1 aromatic carbocycles. The van der Waals surface area contributed by atoms with Gasteiger partial charge < -0.3 is 0 Å². The Balaban J connectivity index is 2.38. The van der Waals surface area contributed by atoms with Crippen molar-refractivity contribution in [2.24, 2.45) is 0 Å². The SMILES string of the molecule is Cc1nc(Cl)nc2c1cnn2-c1c(F)cccc1F. The molecule has 0 aliphatic rings. The van der Waals surface area contributed by atoms with E-state index >= 15 is 0 Å². The Morgan fingerprint density at radius 3 is 2.53 bits per heavy atom. The number of aryl methyl sites for hydroxylation is 1. The van der Waals surface area contributed by atoms with Gasteiger partial charge in [0, 0.05) is 0 Å². The van der Waals surface area contributed by atoms with Crippen LogP contribution in [0.2, 0.25) is 5.28 Å². The zero-order chi connectivity index (χ0) is 13.6. The van der Waals surface area contributed by atoms with Gasteiger partial charge >= 0.3 is 0 Å². The summed E-state index contributed by atoms with van der Waals surface area (Å²) >= 11 is 5.77. The molecule has 0 spiro atoms. The van der Waals surface area contributed by atoms with Crippen molar-refractivity contribution in [3.8, 4) is 5.69 Å². The maximum Gasteiger partial charge on any atom is 0.224 e. The number of fused-ring (bicyclic) bond motifs is 1. The smallest absolute Gasteiger partial charge is 0.222 e. The van der Waals surface area contributed by atoms with E-state index in [1.807, 2.05) is 0 Å². The molecule has 0 aliphatic heterocycles. The molecule has 19 heavy (non-hydrogen) atoms. The van der Waals surface area contributed by atoms with Crippen LogP contribution in [0.15, 0.2) is 24.4 Å². The molecule has 0 saturated carbocycles. The number of aromatic nitrogens is 4. The minimum atomic E-state index is -0.725. The fourth-order valence-electron chi connectivity index (χ4n) is 1.87. The van der Waals surface area contributed by atoms with Crippen LogP contribution < -0.4 is 0 Å². The second-order valence-corrected chi connectivity index (χ2v) is 4.28. The zero-order valence-electron chi connectivity index (χ0n) is 9.73. The maximum atomic E-state index is 13.8. The quantitative estimate of drug-likeness (QED) is 0.644. The second kappa shape index (κ2) is 4.24. The number of rotatable bonds is 1. The first kappa shape index (κ1) is 12.0. The number of benzene rings is 1. The Kier molecular flexibility index (Phi) is 2.67. The van der Waals surface area contributed by atoms with Crippen molar-refractivity contribution < 1.29 is 8.78 Å². The van der Waals surface area contributed by atoms with Gasteiger partial charge in [0.15, 0.2) is 17.3 Å². The normalized spacial score (nSPS) is 11.2. The minimum Gasteiger partial charge on any atom is -0.222 e. The largest absolute Gasteiger partial charge is 0.224 e. The van der Waals surface area contributed by atoms with Crippen LogP contribution in [0.5, 0.6) is 0 Å². The van der Waals surface area contributed by atoms with Crippen LogP contribution in [0.3, 0.4) is 0 Å². The van der Waals surface area contributed by atoms with E-state index in [-0.39, 0.29) is 16.6 Å². The molecular weight excluding hydrogens is 274 g/mol. The Hall–Kier alpha value is -2.08. The second-order valence-electron chi connectivity index (χ2n) is 3.94. The number of para-hydroxylation sites is 1. The van der Waals surface area contributed by atoms with Gasteiger partial charge in [-0.2, -0.15) is 10.1 Å². The van der Waals surface area contributed by atoms with Crippen LogP contribution in [-0.4, -0.2) is 19.7 Å². The number of nitrogens with zero attached hydrogens (tertiary/aromatic N) is 4. The zero-order valence-corrected chi connectivity index (χ0v) is 10.5. The molecule has 4 nitrogen and oxygen atoms in total. The molecular formula is C12H7ClF2N4. The van der Waals surface area contributed by atoms with E-state index < -0.39 is 11.6 Å². The van der Waals surface area contributed by atoms with Crippen LogP contribution in [-0.2, 0) is 0 Å². The molecule has 0 fully saturated rings. The van der Waals surface area contributed by atoms with E-state index in [1.165, 1.54) is 12.3 Å². The highest BCUT2D eigenvalue weighted by molar-refractivity contribution is 6.28.